The number of carbonyl (C=O) groups excluding carboxylic acids is 1. The molecule has 4 nitrogen and oxygen atoms in total. The summed E-state index contributed by atoms with van der Waals surface area (Å²) in [6.07, 6.45) is 1.12. The Kier molecular flexibility index (Phi) is 5.06. The van der Waals surface area contributed by atoms with E-state index in [0.717, 1.165) is 18.9 Å². The minimum absolute atomic E-state index is 0.125. The molecule has 1 aromatic rings. The quantitative estimate of drug-likeness (QED) is 0.854. The summed E-state index contributed by atoms with van der Waals surface area (Å²) in [6.45, 7) is 6.14. The van der Waals surface area contributed by atoms with Crippen molar-refractivity contribution in [2.24, 2.45) is 0 Å². The first kappa shape index (κ1) is 17.4. The smallest absolute Gasteiger partial charge is 0.410 e. The molecule has 0 bridgehead atoms. The van der Waals surface area contributed by atoms with Gasteiger partial charge >= 0.3 is 6.09 Å². The van der Waals surface area contributed by atoms with Crippen molar-refractivity contribution >= 4 is 11.8 Å². The van der Waals surface area contributed by atoms with Gasteiger partial charge in [-0.2, -0.15) is 0 Å². The van der Waals surface area contributed by atoms with Crippen molar-refractivity contribution in [3.63, 3.8) is 0 Å². The molecule has 1 aliphatic rings. The van der Waals surface area contributed by atoms with E-state index in [2.05, 4.69) is 5.32 Å². The number of ether oxygens (including phenoxy) is 1. The first-order valence-corrected chi connectivity index (χ1v) is 7.55. The second-order valence-electron chi connectivity index (χ2n) is 6.60. The first-order chi connectivity index (χ1) is 10.7. The van der Waals surface area contributed by atoms with Crippen LogP contribution in [-0.2, 0) is 4.74 Å². The van der Waals surface area contributed by atoms with Crippen molar-refractivity contribution < 1.29 is 22.7 Å². The number of nitrogens with zero attached hydrogens (tertiary/aromatic N) is 1. The molecule has 1 N–H and O–H groups in total. The molecule has 0 saturated carbocycles. The summed E-state index contributed by atoms with van der Waals surface area (Å²) in [6, 6.07) is 1.09. The Morgan fingerprint density at radius 3 is 2.57 bits per heavy atom. The van der Waals surface area contributed by atoms with Gasteiger partial charge in [-0.3, -0.25) is 0 Å². The molecule has 128 valence electrons. The zero-order valence-corrected chi connectivity index (χ0v) is 13.5. The van der Waals surface area contributed by atoms with Gasteiger partial charge in [0.2, 0.25) is 0 Å². The lowest BCUT2D eigenvalue weighted by Gasteiger charge is -2.29. The zero-order valence-electron chi connectivity index (χ0n) is 13.5. The van der Waals surface area contributed by atoms with Crippen LogP contribution in [0, 0.1) is 17.5 Å². The molecule has 7 heteroatoms. The predicted octanol–water partition coefficient (Wildman–Crippen LogP) is 3.92. The maximum absolute atomic E-state index is 13.6. The van der Waals surface area contributed by atoms with Crippen molar-refractivity contribution in [1.82, 2.24) is 4.90 Å². The summed E-state index contributed by atoms with van der Waals surface area (Å²) in [7, 11) is 0. The van der Waals surface area contributed by atoms with Crippen LogP contribution in [-0.4, -0.2) is 35.7 Å². The Hall–Kier alpha value is -1.92. The van der Waals surface area contributed by atoms with Gasteiger partial charge in [0.05, 0.1) is 11.7 Å². The van der Waals surface area contributed by atoms with E-state index in [1.807, 2.05) is 0 Å². The lowest BCUT2D eigenvalue weighted by molar-refractivity contribution is 0.0235. The van der Waals surface area contributed by atoms with Gasteiger partial charge in [-0.25, -0.2) is 18.0 Å². The van der Waals surface area contributed by atoms with Crippen LogP contribution < -0.4 is 5.32 Å². The van der Waals surface area contributed by atoms with Crippen LogP contribution >= 0.6 is 0 Å². The highest BCUT2D eigenvalue weighted by Gasteiger charge is 2.32. The molecule has 0 spiro atoms. The number of hydrogen-bond acceptors (Lipinski definition) is 3. The average molecular weight is 330 g/mol. The summed E-state index contributed by atoms with van der Waals surface area (Å²) in [4.78, 5) is 13.7. The first-order valence-electron chi connectivity index (χ1n) is 7.55. The second kappa shape index (κ2) is 6.68. The van der Waals surface area contributed by atoms with Crippen LogP contribution in [0.3, 0.4) is 0 Å². The summed E-state index contributed by atoms with van der Waals surface area (Å²) < 4.78 is 45.0. The zero-order chi connectivity index (χ0) is 17.2. The van der Waals surface area contributed by atoms with Crippen molar-refractivity contribution in [3.8, 4) is 0 Å². The molecule has 0 aliphatic carbocycles. The van der Waals surface area contributed by atoms with Crippen LogP contribution in [0.5, 0.6) is 0 Å². The number of benzene rings is 1. The number of hydrogen-bond donors (Lipinski definition) is 1. The molecule has 1 atom stereocenters. The summed E-state index contributed by atoms with van der Waals surface area (Å²) in [5.41, 5.74) is -0.718. The molecule has 0 radical (unpaired) electrons. The fraction of sp³-hybridized carbons (Fsp3) is 0.562. The van der Waals surface area contributed by atoms with E-state index in [1.165, 1.54) is 0 Å². The van der Waals surface area contributed by atoms with E-state index < -0.39 is 29.1 Å². The number of nitrogens with one attached hydrogen (secondary N) is 1. The third-order valence-electron chi connectivity index (χ3n) is 3.54. The Bertz CT molecular complexity index is 587. The highest BCUT2D eigenvalue weighted by Crippen LogP contribution is 2.23. The molecule has 23 heavy (non-hydrogen) atoms. The SMILES string of the molecule is CC(C)(C)OC(=O)N1CCCC1CNc1cc(F)c(F)cc1F. The van der Waals surface area contributed by atoms with E-state index in [9.17, 15) is 18.0 Å². The van der Waals surface area contributed by atoms with Crippen molar-refractivity contribution in [2.75, 3.05) is 18.4 Å². The number of carbonyl (C=O) groups is 1. The third-order valence-corrected chi connectivity index (χ3v) is 3.54. The van der Waals surface area contributed by atoms with Gasteiger partial charge in [0.15, 0.2) is 11.6 Å². The molecular formula is C16H21F3N2O2. The summed E-state index contributed by atoms with van der Waals surface area (Å²) >= 11 is 0. The maximum Gasteiger partial charge on any atom is 0.410 e. The van der Waals surface area contributed by atoms with Crippen molar-refractivity contribution in [3.05, 3.63) is 29.6 Å². The third kappa shape index (κ3) is 4.53. The van der Waals surface area contributed by atoms with Gasteiger partial charge in [-0.05, 0) is 33.6 Å². The summed E-state index contributed by atoms with van der Waals surface area (Å²) in [5, 5.41) is 2.74. The molecular weight excluding hydrogens is 309 g/mol. The average Bonchev–Trinajstić information content (AvgIpc) is 2.88. The van der Waals surface area contributed by atoms with E-state index in [4.69, 9.17) is 4.74 Å². The standard InChI is InChI=1S/C16H21F3N2O2/c1-16(2,3)23-15(22)21-6-4-5-10(21)9-20-14-8-12(18)11(17)7-13(14)19/h7-8,10,20H,4-6,9H2,1-3H3. The maximum atomic E-state index is 13.6. The van der Waals surface area contributed by atoms with Crippen LogP contribution in [0.4, 0.5) is 23.7 Å². The Morgan fingerprint density at radius 1 is 1.26 bits per heavy atom. The fourth-order valence-electron chi connectivity index (χ4n) is 2.49. The molecule has 2 rings (SSSR count). The molecule has 1 fully saturated rings. The Labute approximate surface area is 133 Å². The largest absolute Gasteiger partial charge is 0.444 e. The fourth-order valence-corrected chi connectivity index (χ4v) is 2.49. The van der Waals surface area contributed by atoms with Crippen LogP contribution in [0.25, 0.3) is 0 Å². The summed E-state index contributed by atoms with van der Waals surface area (Å²) in [5.74, 6) is -3.22. The molecule has 1 amide bonds. The number of anilines is 1. The molecule has 1 heterocycles. The number of rotatable bonds is 3. The van der Waals surface area contributed by atoms with Gasteiger partial charge in [0, 0.05) is 25.2 Å². The van der Waals surface area contributed by atoms with Crippen molar-refractivity contribution in [2.45, 2.75) is 45.3 Å². The molecule has 1 saturated heterocycles. The van der Waals surface area contributed by atoms with Crippen LogP contribution in [0.1, 0.15) is 33.6 Å². The molecule has 1 aliphatic heterocycles. The van der Waals surface area contributed by atoms with Gasteiger partial charge in [-0.1, -0.05) is 0 Å². The van der Waals surface area contributed by atoms with E-state index in [0.29, 0.717) is 12.6 Å². The molecule has 0 aromatic heterocycles. The van der Waals surface area contributed by atoms with Crippen molar-refractivity contribution in [1.29, 1.82) is 0 Å². The second-order valence-corrected chi connectivity index (χ2v) is 6.60. The minimum atomic E-state index is -1.23. The van der Waals surface area contributed by atoms with Gasteiger partial charge in [-0.15, -0.1) is 0 Å². The predicted molar refractivity (Wildman–Crippen MR) is 80.8 cm³/mol. The van der Waals surface area contributed by atoms with E-state index in [1.54, 1.807) is 25.7 Å². The molecule has 1 unspecified atom stereocenters. The normalized spacial score (nSPS) is 18.2. The lowest BCUT2D eigenvalue weighted by atomic mass is 10.2. The highest BCUT2D eigenvalue weighted by atomic mass is 19.2. The lowest BCUT2D eigenvalue weighted by Crippen LogP contribution is -2.42. The number of likely N-dealkylation sites (tertiary alicyclic amines) is 1. The highest BCUT2D eigenvalue weighted by molar-refractivity contribution is 5.69. The Morgan fingerprint density at radius 2 is 1.91 bits per heavy atom. The van der Waals surface area contributed by atoms with Gasteiger partial charge in [0.25, 0.3) is 0 Å². The number of amides is 1. The number of halogens is 3. The van der Waals surface area contributed by atoms with Gasteiger partial charge < -0.3 is 15.0 Å². The van der Waals surface area contributed by atoms with Gasteiger partial charge in [0.1, 0.15) is 11.4 Å². The Balaban J connectivity index is 1.99. The van der Waals surface area contributed by atoms with E-state index in [-0.39, 0.29) is 18.3 Å². The minimum Gasteiger partial charge on any atom is -0.444 e. The topological polar surface area (TPSA) is 41.6 Å². The molecule has 1 aromatic carbocycles. The van der Waals surface area contributed by atoms with Crippen LogP contribution in [0.2, 0.25) is 0 Å². The monoisotopic (exact) mass is 330 g/mol. The van der Waals surface area contributed by atoms with E-state index >= 15 is 0 Å². The van der Waals surface area contributed by atoms with Crippen LogP contribution in [0.15, 0.2) is 12.1 Å².